The van der Waals surface area contributed by atoms with Crippen LogP contribution in [0, 0.1) is 0 Å². The molecule has 0 radical (unpaired) electrons. The Morgan fingerprint density at radius 3 is 1.61 bits per heavy atom. The molecule has 79 heavy (non-hydrogen) atoms. The number of aliphatic hydroxyl groups excluding tert-OH is 1. The van der Waals surface area contributed by atoms with Crippen LogP contribution in [0.25, 0.3) is 10.9 Å². The molecular weight excluding hydrogens is 1040 g/mol. The highest BCUT2D eigenvalue weighted by atomic mass is 16.4. The molecule has 0 fully saturated rings. The Balaban J connectivity index is 1.93. The summed E-state index contributed by atoms with van der Waals surface area (Å²) < 4.78 is 0. The minimum atomic E-state index is -2.04. The number of aromatic hydroxyl groups is 1. The van der Waals surface area contributed by atoms with E-state index in [-0.39, 0.29) is 69.7 Å². The van der Waals surface area contributed by atoms with Gasteiger partial charge in [-0.3, -0.25) is 52.9 Å². The van der Waals surface area contributed by atoms with Crippen LogP contribution in [-0.2, 0) is 65.6 Å². The SMILES string of the molecule is NCCCC[C@H](NC(=O)[C@H](CCCN=C(N)N)NC(=O)[C@H](CCC(N)=O)NC(=O)[C@H](CC(=O)O)NC(=O)[C@H](Cc1ccc(O)cc1)NC(=O)[C@H](CO)NC(=O)[C@@H](N)CCC(N)=O)C(=O)N[C@@H](Cc1c[nH]c2ccccc12)C(=O)O. The summed E-state index contributed by atoms with van der Waals surface area (Å²) in [6.07, 6.45) is -1.26. The van der Waals surface area contributed by atoms with Crippen molar-refractivity contribution >= 4 is 82.0 Å². The zero-order valence-corrected chi connectivity index (χ0v) is 43.1. The van der Waals surface area contributed by atoms with Crippen molar-refractivity contribution in [2.24, 2.45) is 39.4 Å². The predicted molar refractivity (Wildman–Crippen MR) is 282 cm³/mol. The van der Waals surface area contributed by atoms with Gasteiger partial charge < -0.3 is 97.0 Å². The molecule has 0 bridgehead atoms. The van der Waals surface area contributed by atoms with Gasteiger partial charge in [0.1, 0.15) is 48.0 Å². The number of phenolic OH excluding ortho intramolecular Hbond substituents is 1. The molecule has 1 heterocycles. The molecule has 0 spiro atoms. The number of nitrogens with zero attached hydrogens (tertiary/aromatic N) is 1. The Bertz CT molecular complexity index is 2640. The number of H-pyrrole nitrogens is 1. The molecule has 8 atom stereocenters. The minimum absolute atomic E-state index is 0.0226. The number of carbonyl (C=O) groups is 11. The van der Waals surface area contributed by atoms with Gasteiger partial charge in [-0.25, -0.2) is 4.79 Å². The summed E-state index contributed by atoms with van der Waals surface area (Å²) in [4.78, 5) is 151. The van der Waals surface area contributed by atoms with Crippen molar-refractivity contribution in [2.75, 3.05) is 19.7 Å². The number of primary amides is 2. The number of hydrogen-bond donors (Lipinski definition) is 18. The number of aromatic nitrogens is 1. The van der Waals surface area contributed by atoms with Crippen LogP contribution in [0.15, 0.2) is 59.7 Å². The van der Waals surface area contributed by atoms with Crippen LogP contribution >= 0.6 is 0 Å². The number of carboxylic acids is 2. The number of hydrogen-bond acceptors (Lipinski definition) is 16. The number of aliphatic carboxylic acids is 2. The number of amides is 9. The van der Waals surface area contributed by atoms with Crippen molar-refractivity contribution < 1.29 is 73.2 Å². The first kappa shape index (κ1) is 64.4. The van der Waals surface area contributed by atoms with E-state index in [4.69, 9.17) is 34.4 Å². The van der Waals surface area contributed by atoms with Crippen LogP contribution in [0.3, 0.4) is 0 Å². The fraction of sp³-hybridized carbons (Fsp3) is 0.469. The summed E-state index contributed by atoms with van der Waals surface area (Å²) in [7, 11) is 0. The number of aliphatic imine (C=N–C) groups is 1. The van der Waals surface area contributed by atoms with Gasteiger partial charge in [0.25, 0.3) is 0 Å². The maximum atomic E-state index is 14.2. The number of para-hydroxylation sites is 1. The number of aliphatic hydroxyl groups is 1. The van der Waals surface area contributed by atoms with Crippen molar-refractivity contribution in [1.29, 1.82) is 0 Å². The number of guanidine groups is 1. The highest BCUT2D eigenvalue weighted by molar-refractivity contribution is 5.99. The standard InChI is InChI=1S/C49H71N15O15/c50-18-4-3-8-31(43(73)63-36(48(78)79)21-26-23-57-30-7-2-1-6-28(26)30)58-42(72)32(9-5-19-56-49(54)55)59-44(74)33(15-17-39(53)68)60-46(76)35(22-40(69)70)62-45(75)34(20-25-10-12-27(66)13-11-25)61-47(77)37(24-65)64-41(71)29(51)14-16-38(52)67/h1-2,6-7,10-13,23,29,31-37,57,65-66H,3-5,8-9,14-22,24,50-51H2,(H2,52,67)(H2,53,68)(H,58,72)(H,59,74)(H,60,76)(H,61,77)(H,62,75)(H,63,73)(H,64,71)(H,69,70)(H,78,79)(H4,54,55,56)/t29-,31-,32-,33-,34-,35-,36-,37-/m0/s1. The summed E-state index contributed by atoms with van der Waals surface area (Å²) in [5, 5.41) is 57.2. The molecule has 0 aliphatic rings. The van der Waals surface area contributed by atoms with Gasteiger partial charge in [0.2, 0.25) is 53.2 Å². The second-order valence-corrected chi connectivity index (χ2v) is 18.3. The summed E-state index contributed by atoms with van der Waals surface area (Å²) >= 11 is 0. The smallest absolute Gasteiger partial charge is 0.326 e. The summed E-state index contributed by atoms with van der Waals surface area (Å²) in [6.45, 7) is -0.887. The van der Waals surface area contributed by atoms with E-state index in [2.05, 4.69) is 47.2 Å². The van der Waals surface area contributed by atoms with Gasteiger partial charge in [0.05, 0.1) is 19.1 Å². The van der Waals surface area contributed by atoms with E-state index >= 15 is 0 Å². The third-order valence-electron chi connectivity index (χ3n) is 12.1. The van der Waals surface area contributed by atoms with Crippen molar-refractivity contribution in [3.05, 3.63) is 65.9 Å². The molecule has 30 heteroatoms. The third kappa shape index (κ3) is 22.7. The Morgan fingerprint density at radius 2 is 1.05 bits per heavy atom. The lowest BCUT2D eigenvalue weighted by atomic mass is 10.0. The molecule has 432 valence electrons. The number of fused-ring (bicyclic) bond motifs is 1. The molecule has 30 nitrogen and oxygen atoms in total. The van der Waals surface area contributed by atoms with Crippen LogP contribution in [0.1, 0.15) is 75.3 Å². The van der Waals surface area contributed by atoms with Crippen molar-refractivity contribution in [1.82, 2.24) is 42.2 Å². The molecule has 3 aromatic rings. The first-order chi connectivity index (χ1) is 37.4. The number of aromatic amines is 1. The van der Waals surface area contributed by atoms with Gasteiger partial charge >= 0.3 is 11.9 Å². The van der Waals surface area contributed by atoms with Crippen molar-refractivity contribution in [3.8, 4) is 5.75 Å². The van der Waals surface area contributed by atoms with Crippen LogP contribution in [0.2, 0.25) is 0 Å². The van der Waals surface area contributed by atoms with E-state index < -0.39 is 146 Å². The largest absolute Gasteiger partial charge is 0.508 e. The van der Waals surface area contributed by atoms with Gasteiger partial charge in [0, 0.05) is 49.3 Å². The molecule has 2 aromatic carbocycles. The molecule has 1 aromatic heterocycles. The first-order valence-corrected chi connectivity index (χ1v) is 25.0. The van der Waals surface area contributed by atoms with E-state index in [9.17, 15) is 73.2 Å². The van der Waals surface area contributed by atoms with Crippen LogP contribution < -0.4 is 71.6 Å². The average Bonchev–Trinajstić information content (AvgIpc) is 3.82. The number of carbonyl (C=O) groups excluding carboxylic acids is 9. The quantitative estimate of drug-likeness (QED) is 0.0147. The Morgan fingerprint density at radius 1 is 0.557 bits per heavy atom. The van der Waals surface area contributed by atoms with Crippen LogP contribution in [0.5, 0.6) is 5.75 Å². The Labute approximate surface area is 452 Å². The maximum absolute atomic E-state index is 14.2. The van der Waals surface area contributed by atoms with Gasteiger partial charge in [-0.15, -0.1) is 0 Å². The molecule has 3 rings (SSSR count). The topological polar surface area (TPSA) is 537 Å². The summed E-state index contributed by atoms with van der Waals surface area (Å²) in [5.74, 6) is -12.9. The van der Waals surface area contributed by atoms with E-state index in [1.54, 1.807) is 30.5 Å². The lowest BCUT2D eigenvalue weighted by molar-refractivity contribution is -0.142. The van der Waals surface area contributed by atoms with Crippen molar-refractivity contribution in [3.63, 3.8) is 0 Å². The first-order valence-electron chi connectivity index (χ1n) is 25.0. The number of benzene rings is 2. The predicted octanol–water partition coefficient (Wildman–Crippen LogP) is -5.36. The van der Waals surface area contributed by atoms with Crippen LogP contribution in [-0.4, -0.2) is 165 Å². The molecule has 0 saturated carbocycles. The molecule has 0 aliphatic carbocycles. The fourth-order valence-corrected chi connectivity index (χ4v) is 7.81. The monoisotopic (exact) mass is 1110 g/mol. The highest BCUT2D eigenvalue weighted by Crippen LogP contribution is 2.20. The summed E-state index contributed by atoms with van der Waals surface area (Å²) in [6, 6.07) is -0.712. The van der Waals surface area contributed by atoms with E-state index in [0.29, 0.717) is 17.5 Å². The molecular formula is C49H71N15O15. The van der Waals surface area contributed by atoms with Crippen molar-refractivity contribution in [2.45, 2.75) is 125 Å². The zero-order valence-electron chi connectivity index (χ0n) is 43.1. The van der Waals surface area contributed by atoms with Crippen LogP contribution in [0.4, 0.5) is 0 Å². The van der Waals surface area contributed by atoms with Gasteiger partial charge in [-0.05, 0) is 80.8 Å². The molecule has 0 aliphatic heterocycles. The number of nitrogens with one attached hydrogen (secondary N) is 8. The lowest BCUT2D eigenvalue weighted by Crippen LogP contribution is -2.61. The van der Waals surface area contributed by atoms with E-state index in [1.165, 1.54) is 24.3 Å². The second-order valence-electron chi connectivity index (χ2n) is 18.3. The third-order valence-corrected chi connectivity index (χ3v) is 12.1. The average molecular weight is 1110 g/mol. The molecule has 24 N–H and O–H groups in total. The zero-order chi connectivity index (χ0) is 58.8. The van der Waals surface area contributed by atoms with Gasteiger partial charge in [-0.2, -0.15) is 0 Å². The second kappa shape index (κ2) is 32.6. The minimum Gasteiger partial charge on any atom is -0.508 e. The number of rotatable bonds is 36. The number of phenols is 1. The Kier molecular flexibility index (Phi) is 26.6. The number of nitrogens with two attached hydrogens (primary N) is 6. The van der Waals surface area contributed by atoms with Gasteiger partial charge in [-0.1, -0.05) is 30.3 Å². The summed E-state index contributed by atoms with van der Waals surface area (Å²) in [5.41, 5.74) is 34.6. The number of carboxylic acid groups (broad SMARTS) is 2. The number of unbranched alkanes of at least 4 members (excludes halogenated alkanes) is 1. The molecule has 0 unspecified atom stereocenters. The van der Waals surface area contributed by atoms with E-state index in [1.807, 2.05) is 0 Å². The normalized spacial score (nSPS) is 14.0. The maximum Gasteiger partial charge on any atom is 0.326 e. The van der Waals surface area contributed by atoms with E-state index in [0.717, 1.165) is 10.9 Å². The Hall–Kier alpha value is -8.90. The molecule has 9 amide bonds. The highest BCUT2D eigenvalue weighted by Gasteiger charge is 2.35. The lowest BCUT2D eigenvalue weighted by Gasteiger charge is -2.27. The fourth-order valence-electron chi connectivity index (χ4n) is 7.81. The van der Waals surface area contributed by atoms with Gasteiger partial charge in [0.15, 0.2) is 5.96 Å². The molecule has 0 saturated heterocycles.